The molecule has 1 heterocycles. The van der Waals surface area contributed by atoms with Crippen molar-refractivity contribution in [2.75, 3.05) is 27.2 Å². The zero-order chi connectivity index (χ0) is 16.2. The van der Waals surface area contributed by atoms with E-state index in [-0.39, 0.29) is 12.1 Å². The van der Waals surface area contributed by atoms with Crippen molar-refractivity contribution >= 4 is 16.2 Å². The largest absolute Gasteiger partial charge is 0.335 e. The van der Waals surface area contributed by atoms with Crippen LogP contribution in [0.1, 0.15) is 44.9 Å². The number of nitrogens with zero attached hydrogens (tertiary/aromatic N) is 2. The van der Waals surface area contributed by atoms with E-state index in [1.165, 1.54) is 37.7 Å². The topological polar surface area (TPSA) is 81.8 Å². The number of nitrogens with one attached hydrogen (secondary N) is 2. The van der Waals surface area contributed by atoms with E-state index in [0.29, 0.717) is 32.0 Å². The molecule has 1 saturated heterocycles. The normalized spacial score (nSPS) is 22.0. The molecular formula is C14H28N4O3S. The van der Waals surface area contributed by atoms with Gasteiger partial charge in [-0.1, -0.05) is 19.3 Å². The van der Waals surface area contributed by atoms with Crippen LogP contribution < -0.4 is 10.0 Å². The Balaban J connectivity index is 1.75. The fourth-order valence-electron chi connectivity index (χ4n) is 3.03. The van der Waals surface area contributed by atoms with E-state index >= 15 is 0 Å². The first-order valence-electron chi connectivity index (χ1n) is 8.13. The van der Waals surface area contributed by atoms with Crippen LogP contribution in [0.15, 0.2) is 0 Å². The average Bonchev–Trinajstić information content (AvgIpc) is 2.48. The van der Waals surface area contributed by atoms with Gasteiger partial charge in [-0.3, -0.25) is 0 Å². The van der Waals surface area contributed by atoms with Crippen LogP contribution >= 0.6 is 0 Å². The van der Waals surface area contributed by atoms with Crippen LogP contribution in [0.4, 0.5) is 4.79 Å². The number of likely N-dealkylation sites (tertiary alicyclic amines) is 1. The van der Waals surface area contributed by atoms with Gasteiger partial charge in [0.25, 0.3) is 10.2 Å². The number of rotatable bonds is 4. The van der Waals surface area contributed by atoms with Crippen molar-refractivity contribution < 1.29 is 13.2 Å². The van der Waals surface area contributed by atoms with Crippen LogP contribution in [0, 0.1) is 0 Å². The van der Waals surface area contributed by atoms with Crippen LogP contribution in [0.2, 0.25) is 0 Å². The number of carbonyl (C=O) groups is 1. The SMILES string of the molecule is CN(C)S(=O)(=O)NC1CCN(C(=O)NC2CCCCC2)CC1. The fraction of sp³-hybridized carbons (Fsp3) is 0.929. The number of hydrogen-bond acceptors (Lipinski definition) is 3. The molecule has 0 spiro atoms. The van der Waals surface area contributed by atoms with E-state index in [4.69, 9.17) is 0 Å². The lowest BCUT2D eigenvalue weighted by Crippen LogP contribution is -2.52. The van der Waals surface area contributed by atoms with E-state index in [1.807, 2.05) is 0 Å². The molecule has 0 bridgehead atoms. The third kappa shape index (κ3) is 4.82. The predicted molar refractivity (Wildman–Crippen MR) is 85.7 cm³/mol. The summed E-state index contributed by atoms with van der Waals surface area (Å²) in [6, 6.07) is 0.221. The van der Waals surface area contributed by atoms with Crippen molar-refractivity contribution in [1.82, 2.24) is 19.2 Å². The van der Waals surface area contributed by atoms with E-state index in [0.717, 1.165) is 12.8 Å². The molecule has 2 rings (SSSR count). The van der Waals surface area contributed by atoms with Crippen LogP contribution in [-0.2, 0) is 10.2 Å². The summed E-state index contributed by atoms with van der Waals surface area (Å²) >= 11 is 0. The van der Waals surface area contributed by atoms with Crippen LogP contribution in [-0.4, -0.2) is 62.9 Å². The summed E-state index contributed by atoms with van der Waals surface area (Å²) in [6.07, 6.45) is 7.12. The highest BCUT2D eigenvalue weighted by Crippen LogP contribution is 2.18. The smallest absolute Gasteiger partial charge is 0.317 e. The summed E-state index contributed by atoms with van der Waals surface area (Å²) in [4.78, 5) is 14.0. The zero-order valence-electron chi connectivity index (χ0n) is 13.5. The van der Waals surface area contributed by atoms with Crippen molar-refractivity contribution in [2.24, 2.45) is 0 Å². The summed E-state index contributed by atoms with van der Waals surface area (Å²) < 4.78 is 27.4. The molecule has 0 aromatic carbocycles. The average molecular weight is 332 g/mol. The summed E-state index contributed by atoms with van der Waals surface area (Å²) in [7, 11) is -0.376. The molecule has 0 aromatic heterocycles. The molecule has 1 saturated carbocycles. The highest BCUT2D eigenvalue weighted by molar-refractivity contribution is 7.87. The van der Waals surface area contributed by atoms with E-state index in [9.17, 15) is 13.2 Å². The number of hydrogen-bond donors (Lipinski definition) is 2. The molecule has 128 valence electrons. The van der Waals surface area contributed by atoms with E-state index in [2.05, 4.69) is 10.0 Å². The molecule has 0 aromatic rings. The second kappa shape index (κ2) is 7.61. The molecule has 1 aliphatic heterocycles. The molecule has 2 aliphatic rings. The molecule has 0 unspecified atom stereocenters. The Morgan fingerprint density at radius 1 is 1.00 bits per heavy atom. The lowest BCUT2D eigenvalue weighted by atomic mass is 9.95. The maximum atomic E-state index is 12.2. The number of amides is 2. The van der Waals surface area contributed by atoms with Gasteiger partial charge < -0.3 is 10.2 Å². The molecule has 7 nitrogen and oxygen atoms in total. The van der Waals surface area contributed by atoms with Gasteiger partial charge in [-0.2, -0.15) is 17.4 Å². The number of urea groups is 1. The van der Waals surface area contributed by atoms with Crippen molar-refractivity contribution in [3.05, 3.63) is 0 Å². The Labute approximate surface area is 133 Å². The molecule has 2 amide bonds. The van der Waals surface area contributed by atoms with Crippen molar-refractivity contribution in [3.63, 3.8) is 0 Å². The number of piperidine rings is 1. The van der Waals surface area contributed by atoms with Gasteiger partial charge in [-0.15, -0.1) is 0 Å². The molecular weight excluding hydrogens is 304 g/mol. The Morgan fingerprint density at radius 2 is 1.59 bits per heavy atom. The second-order valence-electron chi connectivity index (χ2n) is 6.45. The quantitative estimate of drug-likeness (QED) is 0.802. The van der Waals surface area contributed by atoms with Gasteiger partial charge in [0, 0.05) is 39.3 Å². The van der Waals surface area contributed by atoms with Gasteiger partial charge in [0.15, 0.2) is 0 Å². The number of carbonyl (C=O) groups excluding carboxylic acids is 1. The highest BCUT2D eigenvalue weighted by atomic mass is 32.2. The molecule has 0 atom stereocenters. The van der Waals surface area contributed by atoms with Gasteiger partial charge >= 0.3 is 6.03 Å². The van der Waals surface area contributed by atoms with Crippen molar-refractivity contribution in [1.29, 1.82) is 0 Å². The minimum absolute atomic E-state index is 0.000756. The Hall–Kier alpha value is -0.860. The van der Waals surface area contributed by atoms with Gasteiger partial charge in [0.2, 0.25) is 0 Å². The van der Waals surface area contributed by atoms with Crippen molar-refractivity contribution in [3.8, 4) is 0 Å². The Kier molecular flexibility index (Phi) is 6.05. The standard InChI is InChI=1S/C14H28N4O3S/c1-17(2)22(20,21)16-13-8-10-18(11-9-13)14(19)15-12-6-4-3-5-7-12/h12-13,16H,3-11H2,1-2H3,(H,15,19). The van der Waals surface area contributed by atoms with Crippen LogP contribution in [0.3, 0.4) is 0 Å². The third-order valence-electron chi connectivity index (χ3n) is 4.51. The Morgan fingerprint density at radius 3 is 2.14 bits per heavy atom. The summed E-state index contributed by atoms with van der Waals surface area (Å²) in [5, 5.41) is 3.11. The first-order chi connectivity index (χ1) is 10.4. The lowest BCUT2D eigenvalue weighted by molar-refractivity contribution is 0.173. The second-order valence-corrected chi connectivity index (χ2v) is 8.37. The van der Waals surface area contributed by atoms with Gasteiger partial charge in [-0.25, -0.2) is 4.79 Å². The molecule has 1 aliphatic carbocycles. The highest BCUT2D eigenvalue weighted by Gasteiger charge is 2.27. The molecule has 8 heteroatoms. The van der Waals surface area contributed by atoms with Gasteiger partial charge in [0.05, 0.1) is 0 Å². The third-order valence-corrected chi connectivity index (χ3v) is 6.10. The summed E-state index contributed by atoms with van der Waals surface area (Å²) in [5.41, 5.74) is 0. The molecule has 2 N–H and O–H groups in total. The van der Waals surface area contributed by atoms with Crippen LogP contribution in [0.25, 0.3) is 0 Å². The van der Waals surface area contributed by atoms with E-state index in [1.54, 1.807) is 4.90 Å². The zero-order valence-corrected chi connectivity index (χ0v) is 14.4. The lowest BCUT2D eigenvalue weighted by Gasteiger charge is -2.34. The van der Waals surface area contributed by atoms with Gasteiger partial charge in [-0.05, 0) is 25.7 Å². The molecule has 2 fully saturated rings. The van der Waals surface area contributed by atoms with E-state index < -0.39 is 10.2 Å². The maximum absolute atomic E-state index is 12.2. The summed E-state index contributed by atoms with van der Waals surface area (Å²) in [5.74, 6) is 0. The Bertz CT molecular complexity index is 466. The van der Waals surface area contributed by atoms with Crippen LogP contribution in [0.5, 0.6) is 0 Å². The minimum atomic E-state index is -3.39. The predicted octanol–water partition coefficient (Wildman–Crippen LogP) is 0.889. The maximum Gasteiger partial charge on any atom is 0.317 e. The first kappa shape index (κ1) is 17.5. The molecule has 0 radical (unpaired) electrons. The monoisotopic (exact) mass is 332 g/mol. The van der Waals surface area contributed by atoms with Gasteiger partial charge in [0.1, 0.15) is 0 Å². The fourth-order valence-corrected chi connectivity index (χ4v) is 3.90. The first-order valence-corrected chi connectivity index (χ1v) is 9.58. The summed E-state index contributed by atoms with van der Waals surface area (Å²) in [6.45, 7) is 1.19. The molecule has 22 heavy (non-hydrogen) atoms. The minimum Gasteiger partial charge on any atom is -0.335 e. The van der Waals surface area contributed by atoms with Crippen molar-refractivity contribution in [2.45, 2.75) is 57.0 Å².